The Balaban J connectivity index is 2.98. The molecule has 1 unspecified atom stereocenters. The van der Waals surface area contributed by atoms with E-state index >= 15 is 0 Å². The molecule has 0 bridgehead atoms. The Morgan fingerprint density at radius 3 is 2.50 bits per heavy atom. The summed E-state index contributed by atoms with van der Waals surface area (Å²) in [5.41, 5.74) is 6.66. The molecule has 0 aromatic heterocycles. The van der Waals surface area contributed by atoms with Gasteiger partial charge in [-0.2, -0.15) is 0 Å². The molecule has 1 aromatic rings. The Morgan fingerprint density at radius 1 is 1.39 bits per heavy atom. The molecule has 1 amide bonds. The summed E-state index contributed by atoms with van der Waals surface area (Å²) in [6, 6.07) is 5.22. The molecule has 0 spiro atoms. The van der Waals surface area contributed by atoms with Gasteiger partial charge in [0, 0.05) is 11.7 Å². The smallest absolute Gasteiger partial charge is 0.257 e. The molecular formula is C14H22N2O2. The highest BCUT2D eigenvalue weighted by molar-refractivity contribution is 6.02. The highest BCUT2D eigenvalue weighted by atomic mass is 16.5. The first-order valence-electron chi connectivity index (χ1n) is 6.00. The molecule has 4 nitrogen and oxygen atoms in total. The number of nitrogens with one attached hydrogen (secondary N) is 1. The van der Waals surface area contributed by atoms with Gasteiger partial charge in [-0.25, -0.2) is 0 Å². The average molecular weight is 250 g/mol. The highest BCUT2D eigenvalue weighted by Gasteiger charge is 2.24. The Morgan fingerprint density at radius 2 is 2.00 bits per heavy atom. The summed E-state index contributed by atoms with van der Waals surface area (Å²) in [5.74, 6) is 0.293. The summed E-state index contributed by atoms with van der Waals surface area (Å²) in [5, 5.41) is 2.95. The van der Waals surface area contributed by atoms with Gasteiger partial charge in [0.05, 0.1) is 7.11 Å². The van der Waals surface area contributed by atoms with E-state index in [0.29, 0.717) is 17.0 Å². The topological polar surface area (TPSA) is 64.3 Å². The van der Waals surface area contributed by atoms with Crippen molar-refractivity contribution in [2.75, 3.05) is 12.8 Å². The molecule has 0 radical (unpaired) electrons. The molecule has 1 rings (SSSR count). The fraction of sp³-hybridized carbons (Fsp3) is 0.500. The summed E-state index contributed by atoms with van der Waals surface area (Å²) in [4.78, 5) is 12.2. The van der Waals surface area contributed by atoms with E-state index in [-0.39, 0.29) is 17.4 Å². The lowest BCUT2D eigenvalue weighted by Gasteiger charge is -2.28. The number of benzene rings is 1. The largest absolute Gasteiger partial charge is 0.496 e. The number of ether oxygens (including phenoxy) is 1. The monoisotopic (exact) mass is 250 g/mol. The van der Waals surface area contributed by atoms with E-state index in [9.17, 15) is 4.79 Å². The third-order valence-electron chi connectivity index (χ3n) is 3.15. The van der Waals surface area contributed by atoms with Crippen LogP contribution in [0.5, 0.6) is 5.75 Å². The molecule has 4 heteroatoms. The van der Waals surface area contributed by atoms with Gasteiger partial charge < -0.3 is 15.8 Å². The summed E-state index contributed by atoms with van der Waals surface area (Å²) in [6.45, 7) is 8.19. The second-order valence-electron chi connectivity index (χ2n) is 5.49. The summed E-state index contributed by atoms with van der Waals surface area (Å²) in [7, 11) is 1.53. The van der Waals surface area contributed by atoms with Crippen LogP contribution in [0.4, 0.5) is 5.69 Å². The van der Waals surface area contributed by atoms with Gasteiger partial charge in [0.1, 0.15) is 11.3 Å². The summed E-state index contributed by atoms with van der Waals surface area (Å²) < 4.78 is 5.17. The molecule has 0 aliphatic carbocycles. The summed E-state index contributed by atoms with van der Waals surface area (Å²) in [6.07, 6.45) is 0. The van der Waals surface area contributed by atoms with Crippen LogP contribution in [0, 0.1) is 5.41 Å². The minimum atomic E-state index is -0.202. The molecule has 18 heavy (non-hydrogen) atoms. The molecule has 0 saturated heterocycles. The molecular weight excluding hydrogens is 228 g/mol. The van der Waals surface area contributed by atoms with E-state index in [0.717, 1.165) is 0 Å². The van der Waals surface area contributed by atoms with Crippen molar-refractivity contribution < 1.29 is 9.53 Å². The van der Waals surface area contributed by atoms with E-state index in [1.165, 1.54) is 7.11 Å². The maximum absolute atomic E-state index is 12.2. The van der Waals surface area contributed by atoms with E-state index in [4.69, 9.17) is 10.5 Å². The number of nitrogens with two attached hydrogens (primary N) is 1. The van der Waals surface area contributed by atoms with Crippen LogP contribution in [-0.4, -0.2) is 19.1 Å². The van der Waals surface area contributed by atoms with Gasteiger partial charge in [0.15, 0.2) is 0 Å². The number of anilines is 1. The molecule has 3 N–H and O–H groups in total. The fourth-order valence-electron chi connectivity index (χ4n) is 1.45. The SMILES string of the molecule is COc1cccc(N)c1C(=O)NC(C)C(C)(C)C. The first-order valence-corrected chi connectivity index (χ1v) is 6.00. The van der Waals surface area contributed by atoms with Crippen LogP contribution in [0.3, 0.4) is 0 Å². The quantitative estimate of drug-likeness (QED) is 0.810. The predicted octanol–water partition coefficient (Wildman–Crippen LogP) is 2.44. The lowest BCUT2D eigenvalue weighted by Crippen LogP contribution is -2.41. The lowest BCUT2D eigenvalue weighted by atomic mass is 9.88. The van der Waals surface area contributed by atoms with Crippen molar-refractivity contribution in [1.82, 2.24) is 5.32 Å². The Hall–Kier alpha value is -1.71. The van der Waals surface area contributed by atoms with Crippen molar-refractivity contribution in [2.45, 2.75) is 33.7 Å². The molecule has 100 valence electrons. The van der Waals surface area contributed by atoms with Crippen LogP contribution >= 0.6 is 0 Å². The zero-order valence-electron chi connectivity index (χ0n) is 11.7. The molecule has 1 aromatic carbocycles. The van der Waals surface area contributed by atoms with Crippen molar-refractivity contribution in [1.29, 1.82) is 0 Å². The van der Waals surface area contributed by atoms with Gasteiger partial charge in [-0.05, 0) is 24.5 Å². The third-order valence-corrected chi connectivity index (χ3v) is 3.15. The van der Waals surface area contributed by atoms with E-state index in [1.54, 1.807) is 18.2 Å². The number of carbonyl (C=O) groups excluding carboxylic acids is 1. The zero-order valence-corrected chi connectivity index (χ0v) is 11.7. The van der Waals surface area contributed by atoms with Gasteiger partial charge in [-0.3, -0.25) is 4.79 Å². The standard InChI is InChI=1S/C14H22N2O2/c1-9(14(2,3)4)16-13(17)12-10(15)7-6-8-11(12)18-5/h6-9H,15H2,1-5H3,(H,16,17). The van der Waals surface area contributed by atoms with Gasteiger partial charge in [-0.15, -0.1) is 0 Å². The zero-order chi connectivity index (χ0) is 13.9. The van der Waals surface area contributed by atoms with E-state index in [1.807, 2.05) is 6.92 Å². The van der Waals surface area contributed by atoms with Crippen LogP contribution in [0.1, 0.15) is 38.1 Å². The van der Waals surface area contributed by atoms with Crippen molar-refractivity contribution in [3.63, 3.8) is 0 Å². The van der Waals surface area contributed by atoms with Gasteiger partial charge >= 0.3 is 0 Å². The van der Waals surface area contributed by atoms with Gasteiger partial charge in [0.25, 0.3) is 5.91 Å². The van der Waals surface area contributed by atoms with Gasteiger partial charge in [-0.1, -0.05) is 26.8 Å². The van der Waals surface area contributed by atoms with Crippen molar-refractivity contribution in [3.05, 3.63) is 23.8 Å². The Bertz CT molecular complexity index is 436. The van der Waals surface area contributed by atoms with Crippen molar-refractivity contribution in [2.24, 2.45) is 5.41 Å². The van der Waals surface area contributed by atoms with Gasteiger partial charge in [0.2, 0.25) is 0 Å². The number of hydrogen-bond acceptors (Lipinski definition) is 3. The lowest BCUT2D eigenvalue weighted by molar-refractivity contribution is 0.0908. The second kappa shape index (κ2) is 5.29. The predicted molar refractivity (Wildman–Crippen MR) is 73.8 cm³/mol. The van der Waals surface area contributed by atoms with Crippen LogP contribution in [0.25, 0.3) is 0 Å². The molecule has 0 saturated carbocycles. The number of methoxy groups -OCH3 is 1. The van der Waals surface area contributed by atoms with E-state index < -0.39 is 0 Å². The maximum atomic E-state index is 12.2. The molecule has 0 aliphatic heterocycles. The number of rotatable bonds is 3. The molecule has 1 atom stereocenters. The minimum Gasteiger partial charge on any atom is -0.496 e. The van der Waals surface area contributed by atoms with Crippen LogP contribution in [0.2, 0.25) is 0 Å². The number of hydrogen-bond donors (Lipinski definition) is 2. The first-order chi connectivity index (χ1) is 8.27. The molecule has 0 heterocycles. The Labute approximate surface area is 109 Å². The average Bonchev–Trinajstić information content (AvgIpc) is 2.26. The normalized spacial score (nSPS) is 12.9. The minimum absolute atomic E-state index is 0.00750. The van der Waals surface area contributed by atoms with Crippen LogP contribution < -0.4 is 15.8 Å². The molecule has 0 fully saturated rings. The van der Waals surface area contributed by atoms with Crippen molar-refractivity contribution in [3.8, 4) is 5.75 Å². The highest BCUT2D eigenvalue weighted by Crippen LogP contribution is 2.25. The van der Waals surface area contributed by atoms with Crippen LogP contribution in [0.15, 0.2) is 18.2 Å². The number of amides is 1. The van der Waals surface area contributed by atoms with E-state index in [2.05, 4.69) is 26.1 Å². The van der Waals surface area contributed by atoms with Crippen molar-refractivity contribution >= 4 is 11.6 Å². The second-order valence-corrected chi connectivity index (χ2v) is 5.49. The Kier molecular flexibility index (Phi) is 4.22. The third kappa shape index (κ3) is 3.15. The number of nitrogen functional groups attached to an aromatic ring is 1. The van der Waals surface area contributed by atoms with Crippen LogP contribution in [-0.2, 0) is 0 Å². The first kappa shape index (κ1) is 14.4. The number of carbonyl (C=O) groups is 1. The maximum Gasteiger partial charge on any atom is 0.257 e. The molecule has 0 aliphatic rings. The fourth-order valence-corrected chi connectivity index (χ4v) is 1.45. The summed E-state index contributed by atoms with van der Waals surface area (Å²) >= 11 is 0.